The second kappa shape index (κ2) is 7.26. The zero-order valence-electron chi connectivity index (χ0n) is 12.6. The van der Waals surface area contributed by atoms with Gasteiger partial charge in [-0.05, 0) is 31.5 Å². The average Bonchev–Trinajstić information content (AvgIpc) is 3.21. The van der Waals surface area contributed by atoms with Crippen molar-refractivity contribution in [1.82, 2.24) is 20.2 Å². The van der Waals surface area contributed by atoms with E-state index >= 15 is 0 Å². The molecule has 2 aromatic heterocycles. The van der Waals surface area contributed by atoms with Crippen LogP contribution in [0.5, 0.6) is 0 Å². The summed E-state index contributed by atoms with van der Waals surface area (Å²) in [4.78, 5) is 21.6. The quantitative estimate of drug-likeness (QED) is 0.849. The summed E-state index contributed by atoms with van der Waals surface area (Å²) in [5.74, 6) is 1.19. The number of hydrogen-bond donors (Lipinski definition) is 2. The van der Waals surface area contributed by atoms with E-state index in [-0.39, 0.29) is 11.8 Å². The number of carbonyl (C=O) groups is 1. The molecule has 22 heavy (non-hydrogen) atoms. The molecule has 1 saturated heterocycles. The lowest BCUT2D eigenvalue weighted by atomic mass is 9.97. The van der Waals surface area contributed by atoms with Crippen molar-refractivity contribution in [3.8, 4) is 0 Å². The van der Waals surface area contributed by atoms with Crippen LogP contribution in [-0.2, 0) is 17.8 Å². The lowest BCUT2D eigenvalue weighted by molar-refractivity contribution is -0.126. The molecule has 1 unspecified atom stereocenters. The number of furan rings is 1. The molecule has 1 fully saturated rings. The molecule has 0 bridgehead atoms. The van der Waals surface area contributed by atoms with Gasteiger partial charge in [0.2, 0.25) is 5.91 Å². The first kappa shape index (κ1) is 14.8. The van der Waals surface area contributed by atoms with Crippen LogP contribution in [0.15, 0.2) is 35.3 Å². The number of amides is 1. The van der Waals surface area contributed by atoms with Crippen LogP contribution < -0.4 is 5.32 Å². The highest BCUT2D eigenvalue weighted by Gasteiger charge is 2.25. The number of H-pyrrole nitrogens is 1. The first-order valence-electron chi connectivity index (χ1n) is 7.81. The smallest absolute Gasteiger partial charge is 0.224 e. The van der Waals surface area contributed by atoms with E-state index in [0.717, 1.165) is 50.4 Å². The number of piperidine rings is 1. The molecule has 0 radical (unpaired) electrons. The van der Waals surface area contributed by atoms with Crippen molar-refractivity contribution in [2.24, 2.45) is 5.92 Å². The van der Waals surface area contributed by atoms with Gasteiger partial charge in [0.15, 0.2) is 0 Å². The predicted octanol–water partition coefficient (Wildman–Crippen LogP) is 1.57. The summed E-state index contributed by atoms with van der Waals surface area (Å²) in [6.45, 7) is 3.26. The monoisotopic (exact) mass is 302 g/mol. The molecule has 118 valence electrons. The normalized spacial score (nSPS) is 19.2. The first-order valence-corrected chi connectivity index (χ1v) is 7.81. The van der Waals surface area contributed by atoms with Gasteiger partial charge >= 0.3 is 0 Å². The van der Waals surface area contributed by atoms with E-state index in [1.54, 1.807) is 18.8 Å². The number of rotatable bonds is 6. The molecule has 0 aliphatic carbocycles. The highest BCUT2D eigenvalue weighted by molar-refractivity contribution is 5.78. The molecule has 6 heteroatoms. The van der Waals surface area contributed by atoms with Crippen molar-refractivity contribution in [2.75, 3.05) is 19.6 Å². The van der Waals surface area contributed by atoms with Crippen LogP contribution in [-0.4, -0.2) is 40.4 Å². The SMILES string of the molecule is O=C(NCCc1cnc[nH]1)C1CCCN(Cc2ccco2)C1. The molecule has 6 nitrogen and oxygen atoms in total. The van der Waals surface area contributed by atoms with Gasteiger partial charge in [-0.15, -0.1) is 0 Å². The molecule has 1 atom stereocenters. The maximum Gasteiger partial charge on any atom is 0.224 e. The molecular formula is C16H22N4O2. The Kier molecular flexibility index (Phi) is 4.90. The largest absolute Gasteiger partial charge is 0.468 e. The highest BCUT2D eigenvalue weighted by atomic mass is 16.3. The van der Waals surface area contributed by atoms with Crippen molar-refractivity contribution in [3.05, 3.63) is 42.4 Å². The minimum atomic E-state index is 0.0745. The molecule has 2 aromatic rings. The summed E-state index contributed by atoms with van der Waals surface area (Å²) in [5, 5.41) is 3.03. The van der Waals surface area contributed by atoms with Gasteiger partial charge in [0.05, 0.1) is 25.1 Å². The van der Waals surface area contributed by atoms with E-state index < -0.39 is 0 Å². The lowest BCUT2D eigenvalue weighted by Crippen LogP contribution is -2.43. The maximum atomic E-state index is 12.3. The van der Waals surface area contributed by atoms with Gasteiger partial charge in [0.25, 0.3) is 0 Å². The van der Waals surface area contributed by atoms with Crippen molar-refractivity contribution in [3.63, 3.8) is 0 Å². The predicted molar refractivity (Wildman–Crippen MR) is 82.0 cm³/mol. The number of carbonyl (C=O) groups excluding carboxylic acids is 1. The van der Waals surface area contributed by atoms with E-state index in [4.69, 9.17) is 4.42 Å². The van der Waals surface area contributed by atoms with Crippen LogP contribution in [0.25, 0.3) is 0 Å². The Bertz CT molecular complexity index is 565. The van der Waals surface area contributed by atoms with E-state index in [0.29, 0.717) is 6.54 Å². The summed E-state index contributed by atoms with van der Waals surface area (Å²) in [6.07, 6.45) is 7.94. The highest BCUT2D eigenvalue weighted by Crippen LogP contribution is 2.19. The Balaban J connectivity index is 1.43. The van der Waals surface area contributed by atoms with Gasteiger partial charge in [-0.3, -0.25) is 9.69 Å². The summed E-state index contributed by atoms with van der Waals surface area (Å²) < 4.78 is 5.39. The number of nitrogens with one attached hydrogen (secondary N) is 2. The second-order valence-electron chi connectivity index (χ2n) is 5.77. The van der Waals surface area contributed by atoms with Gasteiger partial charge in [0.1, 0.15) is 5.76 Å². The van der Waals surface area contributed by atoms with Crippen molar-refractivity contribution < 1.29 is 9.21 Å². The van der Waals surface area contributed by atoms with Crippen LogP contribution in [0.3, 0.4) is 0 Å². The Morgan fingerprint density at radius 2 is 2.50 bits per heavy atom. The molecule has 1 amide bonds. The molecule has 0 aromatic carbocycles. The third-order valence-corrected chi connectivity index (χ3v) is 4.08. The molecule has 1 aliphatic heterocycles. The zero-order chi connectivity index (χ0) is 15.2. The van der Waals surface area contributed by atoms with Crippen LogP contribution in [0.1, 0.15) is 24.3 Å². The van der Waals surface area contributed by atoms with Crippen LogP contribution in [0.4, 0.5) is 0 Å². The van der Waals surface area contributed by atoms with Gasteiger partial charge in [0, 0.05) is 31.4 Å². The Labute approximate surface area is 129 Å². The topological polar surface area (TPSA) is 74.2 Å². The standard InChI is InChI=1S/C16H22N4O2/c21-16(18-6-5-14-9-17-12-19-14)13-3-1-7-20(10-13)11-15-4-2-8-22-15/h2,4,8-9,12-13H,1,3,5-7,10-11H2,(H,17,19)(H,18,21). The number of imidazole rings is 1. The molecule has 3 heterocycles. The van der Waals surface area contributed by atoms with Gasteiger partial charge in [-0.2, -0.15) is 0 Å². The van der Waals surface area contributed by atoms with E-state index in [1.165, 1.54) is 0 Å². The molecule has 0 spiro atoms. The summed E-state index contributed by atoms with van der Waals surface area (Å²) in [5.41, 5.74) is 1.04. The fourth-order valence-electron chi connectivity index (χ4n) is 2.92. The Hall–Kier alpha value is -2.08. The molecule has 1 aliphatic rings. The van der Waals surface area contributed by atoms with Gasteiger partial charge in [-0.25, -0.2) is 4.98 Å². The van der Waals surface area contributed by atoms with Gasteiger partial charge < -0.3 is 14.7 Å². The maximum absolute atomic E-state index is 12.3. The molecule has 3 rings (SSSR count). The van der Waals surface area contributed by atoms with Crippen molar-refractivity contribution in [2.45, 2.75) is 25.8 Å². The van der Waals surface area contributed by atoms with E-state index in [1.807, 2.05) is 12.1 Å². The first-order chi connectivity index (χ1) is 10.8. The fourth-order valence-corrected chi connectivity index (χ4v) is 2.92. The van der Waals surface area contributed by atoms with Crippen molar-refractivity contribution in [1.29, 1.82) is 0 Å². The van der Waals surface area contributed by atoms with E-state index in [9.17, 15) is 4.79 Å². The van der Waals surface area contributed by atoms with E-state index in [2.05, 4.69) is 20.2 Å². The molecule has 0 saturated carbocycles. The average molecular weight is 302 g/mol. The number of aromatic amines is 1. The second-order valence-corrected chi connectivity index (χ2v) is 5.77. The Morgan fingerprint density at radius 1 is 1.55 bits per heavy atom. The summed E-state index contributed by atoms with van der Waals surface area (Å²) in [6, 6.07) is 3.88. The summed E-state index contributed by atoms with van der Waals surface area (Å²) in [7, 11) is 0. The number of aromatic nitrogens is 2. The van der Waals surface area contributed by atoms with Crippen LogP contribution in [0.2, 0.25) is 0 Å². The van der Waals surface area contributed by atoms with Crippen LogP contribution in [0, 0.1) is 5.92 Å². The van der Waals surface area contributed by atoms with Gasteiger partial charge in [-0.1, -0.05) is 0 Å². The minimum absolute atomic E-state index is 0.0745. The summed E-state index contributed by atoms with van der Waals surface area (Å²) >= 11 is 0. The minimum Gasteiger partial charge on any atom is -0.468 e. The third kappa shape index (κ3) is 3.98. The number of likely N-dealkylation sites (tertiary alicyclic amines) is 1. The number of nitrogens with zero attached hydrogens (tertiary/aromatic N) is 2. The molecule has 2 N–H and O–H groups in total. The van der Waals surface area contributed by atoms with Crippen molar-refractivity contribution >= 4 is 5.91 Å². The molecular weight excluding hydrogens is 280 g/mol. The lowest BCUT2D eigenvalue weighted by Gasteiger charge is -2.31. The fraction of sp³-hybridized carbons (Fsp3) is 0.500. The Morgan fingerprint density at radius 3 is 3.27 bits per heavy atom. The van der Waals surface area contributed by atoms with Crippen LogP contribution >= 0.6 is 0 Å². The number of hydrogen-bond acceptors (Lipinski definition) is 4. The zero-order valence-corrected chi connectivity index (χ0v) is 12.6. The third-order valence-electron chi connectivity index (χ3n) is 4.08.